The Kier molecular flexibility index (Phi) is 3.21. The summed E-state index contributed by atoms with van der Waals surface area (Å²) in [5.74, 6) is 0.802. The van der Waals surface area contributed by atoms with Crippen molar-refractivity contribution in [2.24, 2.45) is 0 Å². The number of β-amino-alcohol motifs (C(OH)–C–C–N with tert-alkyl or cyclic N) is 1. The van der Waals surface area contributed by atoms with E-state index in [1.54, 1.807) is 7.11 Å². The van der Waals surface area contributed by atoms with Gasteiger partial charge in [-0.25, -0.2) is 4.98 Å². The summed E-state index contributed by atoms with van der Waals surface area (Å²) in [6.07, 6.45) is 0.818. The van der Waals surface area contributed by atoms with E-state index in [1.165, 1.54) is 0 Å². The van der Waals surface area contributed by atoms with Crippen molar-refractivity contribution >= 4 is 5.95 Å². The van der Waals surface area contributed by atoms with E-state index in [-0.39, 0.29) is 12.6 Å². The van der Waals surface area contributed by atoms with E-state index in [2.05, 4.69) is 14.9 Å². The van der Waals surface area contributed by atoms with Gasteiger partial charge in [-0.3, -0.25) is 4.90 Å². The van der Waals surface area contributed by atoms with E-state index in [9.17, 15) is 0 Å². The average Bonchev–Trinajstić information content (AvgIpc) is 2.29. The van der Waals surface area contributed by atoms with Crippen LogP contribution in [0.5, 0.6) is 5.88 Å². The van der Waals surface area contributed by atoms with E-state index < -0.39 is 0 Å². The lowest BCUT2D eigenvalue weighted by molar-refractivity contribution is 0.181. The molecule has 0 atom stereocenters. The fourth-order valence-electron chi connectivity index (χ4n) is 1.96. The van der Waals surface area contributed by atoms with Gasteiger partial charge in [0.25, 0.3) is 0 Å². The predicted molar refractivity (Wildman–Crippen MR) is 59.1 cm³/mol. The number of nitrogen functional groups attached to an aromatic ring is 1. The summed E-state index contributed by atoms with van der Waals surface area (Å²) in [7, 11) is 1.58. The summed E-state index contributed by atoms with van der Waals surface area (Å²) >= 11 is 0. The van der Waals surface area contributed by atoms with Crippen molar-refractivity contribution < 1.29 is 9.84 Å². The van der Waals surface area contributed by atoms with Gasteiger partial charge in [-0.2, -0.15) is 4.98 Å². The first-order chi connectivity index (χ1) is 7.74. The minimum absolute atomic E-state index is 0.160. The van der Waals surface area contributed by atoms with E-state index in [0.717, 1.165) is 24.2 Å². The Morgan fingerprint density at radius 3 is 3.00 bits per heavy atom. The number of aliphatic hydroxyl groups is 1. The van der Waals surface area contributed by atoms with Crippen molar-refractivity contribution in [2.75, 3.05) is 32.5 Å². The molecule has 0 saturated carbocycles. The molecule has 6 heteroatoms. The van der Waals surface area contributed by atoms with Crippen LogP contribution < -0.4 is 10.5 Å². The lowest BCUT2D eigenvalue weighted by Gasteiger charge is -2.28. The van der Waals surface area contributed by atoms with Crippen molar-refractivity contribution in [1.82, 2.24) is 14.9 Å². The Hall–Kier alpha value is -1.40. The van der Waals surface area contributed by atoms with Crippen molar-refractivity contribution in [3.63, 3.8) is 0 Å². The largest absolute Gasteiger partial charge is 0.481 e. The van der Waals surface area contributed by atoms with E-state index in [1.807, 2.05) is 0 Å². The summed E-state index contributed by atoms with van der Waals surface area (Å²) < 4.78 is 5.20. The molecule has 1 aliphatic rings. The molecule has 0 amide bonds. The zero-order chi connectivity index (χ0) is 11.5. The highest BCUT2D eigenvalue weighted by Crippen LogP contribution is 2.25. The molecule has 88 valence electrons. The smallest absolute Gasteiger partial charge is 0.223 e. The van der Waals surface area contributed by atoms with Gasteiger partial charge in [0.15, 0.2) is 0 Å². The minimum Gasteiger partial charge on any atom is -0.481 e. The lowest BCUT2D eigenvalue weighted by Crippen LogP contribution is -2.34. The standard InChI is InChI=1S/C10H16N4O2/c1-16-9-7-6-14(4-5-15)3-2-8(7)12-10(11)13-9/h15H,2-6H2,1H3,(H2,11,12,13). The van der Waals surface area contributed by atoms with Crippen LogP contribution in [-0.2, 0) is 13.0 Å². The van der Waals surface area contributed by atoms with Gasteiger partial charge in [-0.05, 0) is 0 Å². The van der Waals surface area contributed by atoms with Gasteiger partial charge in [0, 0.05) is 26.1 Å². The van der Waals surface area contributed by atoms with Crippen molar-refractivity contribution in [1.29, 1.82) is 0 Å². The van der Waals surface area contributed by atoms with Crippen LogP contribution in [0.1, 0.15) is 11.3 Å². The average molecular weight is 224 g/mol. The zero-order valence-corrected chi connectivity index (χ0v) is 9.31. The van der Waals surface area contributed by atoms with Crippen molar-refractivity contribution in [2.45, 2.75) is 13.0 Å². The second kappa shape index (κ2) is 4.63. The number of methoxy groups -OCH3 is 1. The minimum atomic E-state index is 0.160. The van der Waals surface area contributed by atoms with Gasteiger partial charge >= 0.3 is 0 Å². The molecule has 2 heterocycles. The summed E-state index contributed by atoms with van der Waals surface area (Å²) in [6, 6.07) is 0. The first-order valence-electron chi connectivity index (χ1n) is 5.27. The second-order valence-corrected chi connectivity index (χ2v) is 3.77. The maximum atomic E-state index is 8.91. The fourth-order valence-corrected chi connectivity index (χ4v) is 1.96. The first-order valence-corrected chi connectivity index (χ1v) is 5.27. The number of fused-ring (bicyclic) bond motifs is 1. The van der Waals surface area contributed by atoms with Gasteiger partial charge in [0.05, 0.1) is 25.0 Å². The SMILES string of the molecule is COc1nc(N)nc2c1CN(CCO)CC2. The molecule has 0 unspecified atom stereocenters. The maximum Gasteiger partial charge on any atom is 0.223 e. The maximum absolute atomic E-state index is 8.91. The quantitative estimate of drug-likeness (QED) is 0.714. The molecule has 0 bridgehead atoms. The molecular weight excluding hydrogens is 208 g/mol. The van der Waals surface area contributed by atoms with Gasteiger partial charge < -0.3 is 15.6 Å². The Bertz CT molecular complexity index is 366. The number of ether oxygens (including phenoxy) is 1. The number of rotatable bonds is 3. The Morgan fingerprint density at radius 2 is 2.31 bits per heavy atom. The van der Waals surface area contributed by atoms with Crippen molar-refractivity contribution in [3.05, 3.63) is 11.3 Å². The summed E-state index contributed by atoms with van der Waals surface area (Å²) in [4.78, 5) is 10.4. The number of nitrogens with two attached hydrogens (primary N) is 1. The molecule has 0 aliphatic carbocycles. The normalized spacial score (nSPS) is 15.9. The van der Waals surface area contributed by atoms with Crippen LogP contribution in [0.25, 0.3) is 0 Å². The van der Waals surface area contributed by atoms with Crippen LogP contribution >= 0.6 is 0 Å². The molecule has 0 saturated heterocycles. The highest BCUT2D eigenvalue weighted by molar-refractivity contribution is 5.37. The van der Waals surface area contributed by atoms with E-state index in [4.69, 9.17) is 15.6 Å². The van der Waals surface area contributed by atoms with E-state index >= 15 is 0 Å². The van der Waals surface area contributed by atoms with Crippen LogP contribution in [0, 0.1) is 0 Å². The summed E-state index contributed by atoms with van der Waals surface area (Å²) in [5.41, 5.74) is 7.54. The third-order valence-corrected chi connectivity index (χ3v) is 2.73. The van der Waals surface area contributed by atoms with E-state index in [0.29, 0.717) is 19.0 Å². The van der Waals surface area contributed by atoms with Gasteiger partial charge in [-0.15, -0.1) is 0 Å². The number of hydrogen-bond donors (Lipinski definition) is 2. The molecule has 0 aromatic carbocycles. The van der Waals surface area contributed by atoms with Crippen LogP contribution in [-0.4, -0.2) is 46.8 Å². The summed E-state index contributed by atoms with van der Waals surface area (Å²) in [5, 5.41) is 8.91. The number of hydrogen-bond acceptors (Lipinski definition) is 6. The fraction of sp³-hybridized carbons (Fsp3) is 0.600. The molecule has 0 fully saturated rings. The third kappa shape index (κ3) is 2.07. The van der Waals surface area contributed by atoms with Gasteiger partial charge in [0.1, 0.15) is 0 Å². The first kappa shape index (κ1) is 11.1. The molecule has 0 radical (unpaired) electrons. The molecular formula is C10H16N4O2. The Balaban J connectivity index is 2.28. The number of anilines is 1. The highest BCUT2D eigenvalue weighted by Gasteiger charge is 2.22. The van der Waals surface area contributed by atoms with Crippen molar-refractivity contribution in [3.8, 4) is 5.88 Å². The molecule has 3 N–H and O–H groups in total. The molecule has 1 aromatic rings. The van der Waals surface area contributed by atoms with Crippen LogP contribution in [0.4, 0.5) is 5.95 Å². The Labute approximate surface area is 94.1 Å². The molecule has 6 nitrogen and oxygen atoms in total. The molecule has 0 spiro atoms. The van der Waals surface area contributed by atoms with Crippen LogP contribution in [0.3, 0.4) is 0 Å². The van der Waals surface area contributed by atoms with Crippen LogP contribution in [0.2, 0.25) is 0 Å². The predicted octanol–water partition coefficient (Wildman–Crippen LogP) is -0.582. The Morgan fingerprint density at radius 1 is 1.50 bits per heavy atom. The molecule has 2 rings (SSSR count). The number of nitrogens with zero attached hydrogens (tertiary/aromatic N) is 3. The van der Waals surface area contributed by atoms with Crippen LogP contribution in [0.15, 0.2) is 0 Å². The zero-order valence-electron chi connectivity index (χ0n) is 9.31. The topological polar surface area (TPSA) is 84.5 Å². The second-order valence-electron chi connectivity index (χ2n) is 3.77. The third-order valence-electron chi connectivity index (χ3n) is 2.73. The monoisotopic (exact) mass is 224 g/mol. The van der Waals surface area contributed by atoms with Gasteiger partial charge in [0.2, 0.25) is 11.8 Å². The highest BCUT2D eigenvalue weighted by atomic mass is 16.5. The summed E-state index contributed by atoms with van der Waals surface area (Å²) in [6.45, 7) is 2.41. The molecule has 16 heavy (non-hydrogen) atoms. The molecule has 1 aromatic heterocycles. The number of aliphatic hydroxyl groups excluding tert-OH is 1. The van der Waals surface area contributed by atoms with Gasteiger partial charge in [-0.1, -0.05) is 0 Å². The number of aromatic nitrogens is 2. The molecule has 1 aliphatic heterocycles. The lowest BCUT2D eigenvalue weighted by atomic mass is 10.1.